The Morgan fingerprint density at radius 1 is 1.07 bits per heavy atom. The number of rotatable bonds is 3. The summed E-state index contributed by atoms with van der Waals surface area (Å²) in [7, 11) is 0. The van der Waals surface area contributed by atoms with Crippen LogP contribution in [0.1, 0.15) is 11.1 Å². The monoisotopic (exact) mass is 408 g/mol. The molecule has 0 atom stereocenters. The van der Waals surface area contributed by atoms with Crippen molar-refractivity contribution in [3.63, 3.8) is 0 Å². The number of hydrogen-bond acceptors (Lipinski definition) is 7. The van der Waals surface area contributed by atoms with E-state index in [4.69, 9.17) is 33.7 Å². The lowest BCUT2D eigenvalue weighted by Gasteiger charge is -2.20. The van der Waals surface area contributed by atoms with Crippen LogP contribution in [0.2, 0.25) is 10.0 Å². The second kappa shape index (κ2) is 6.25. The standard InChI is InChI=1S/C15H10Cl2N6O4/c16-8-3-5(23-15(26)19-13(25)11(18)22-23)4-9(17)10(8)27-14-7-2-1-6(7)12(24)20-21-14/h3-4H,1-2H2,(H2,18,22)(H,20,24)(H,19,25,26). The SMILES string of the molecule is Nc1nn(-c2cc(Cl)c(Oc3n[nH]c(=O)c4c3CC4)c(Cl)c2)c(=O)[nH]c1=O. The third-order valence-electron chi connectivity index (χ3n) is 4.06. The zero-order valence-electron chi connectivity index (χ0n) is 13.4. The average Bonchev–Trinajstić information content (AvgIpc) is 2.56. The number of nitrogens with zero attached hydrogens (tertiary/aromatic N) is 3. The summed E-state index contributed by atoms with van der Waals surface area (Å²) in [4.78, 5) is 36.9. The van der Waals surface area contributed by atoms with Crippen LogP contribution in [0.15, 0.2) is 26.5 Å². The van der Waals surface area contributed by atoms with Crippen molar-refractivity contribution in [2.24, 2.45) is 0 Å². The summed E-state index contributed by atoms with van der Waals surface area (Å²) in [6.45, 7) is 0. The molecule has 2 heterocycles. The lowest BCUT2D eigenvalue weighted by Crippen LogP contribution is -2.33. The van der Waals surface area contributed by atoms with Crippen molar-refractivity contribution in [3.8, 4) is 17.3 Å². The fourth-order valence-electron chi connectivity index (χ4n) is 2.63. The van der Waals surface area contributed by atoms with Crippen LogP contribution in [0.3, 0.4) is 0 Å². The molecule has 0 bridgehead atoms. The number of halogens is 2. The molecule has 1 aromatic carbocycles. The quantitative estimate of drug-likeness (QED) is 0.579. The molecule has 0 amide bonds. The molecule has 0 fully saturated rings. The fraction of sp³-hybridized carbons (Fsp3) is 0.133. The highest BCUT2D eigenvalue weighted by molar-refractivity contribution is 6.37. The van der Waals surface area contributed by atoms with Crippen LogP contribution in [-0.4, -0.2) is 25.0 Å². The number of H-pyrrole nitrogens is 2. The molecule has 0 radical (unpaired) electrons. The summed E-state index contributed by atoms with van der Waals surface area (Å²) in [5, 5.41) is 10.1. The topological polar surface area (TPSA) is 149 Å². The Morgan fingerprint density at radius 2 is 1.74 bits per heavy atom. The minimum Gasteiger partial charge on any atom is -0.434 e. The zero-order valence-corrected chi connectivity index (χ0v) is 14.9. The van der Waals surface area contributed by atoms with Gasteiger partial charge in [-0.25, -0.2) is 9.89 Å². The minimum atomic E-state index is -0.807. The molecular formula is C15H10Cl2N6O4. The van der Waals surface area contributed by atoms with Crippen molar-refractivity contribution in [2.75, 3.05) is 5.73 Å². The van der Waals surface area contributed by atoms with Gasteiger partial charge in [0.15, 0.2) is 5.75 Å². The summed E-state index contributed by atoms with van der Waals surface area (Å²) in [6, 6.07) is 2.74. The molecule has 3 aromatic rings. The van der Waals surface area contributed by atoms with E-state index in [0.29, 0.717) is 24.0 Å². The van der Waals surface area contributed by atoms with Crippen molar-refractivity contribution in [3.05, 3.63) is 64.5 Å². The number of anilines is 1. The minimum absolute atomic E-state index is 0.0667. The molecule has 27 heavy (non-hydrogen) atoms. The fourth-order valence-corrected chi connectivity index (χ4v) is 3.19. The van der Waals surface area contributed by atoms with Crippen LogP contribution in [0.5, 0.6) is 11.6 Å². The first-order valence-corrected chi connectivity index (χ1v) is 8.37. The van der Waals surface area contributed by atoms with Crippen LogP contribution in [0, 0.1) is 0 Å². The lowest BCUT2D eigenvalue weighted by molar-refractivity contribution is 0.439. The first-order valence-electron chi connectivity index (χ1n) is 7.62. The van der Waals surface area contributed by atoms with Gasteiger partial charge in [-0.1, -0.05) is 23.2 Å². The molecule has 0 saturated heterocycles. The van der Waals surface area contributed by atoms with Crippen LogP contribution in [0.25, 0.3) is 5.69 Å². The summed E-state index contributed by atoms with van der Waals surface area (Å²) in [5.41, 5.74) is 5.07. The van der Waals surface area contributed by atoms with Crippen LogP contribution < -0.4 is 27.3 Å². The van der Waals surface area contributed by atoms with Gasteiger partial charge < -0.3 is 10.5 Å². The number of nitrogens with two attached hydrogens (primary N) is 1. The summed E-state index contributed by atoms with van der Waals surface area (Å²) < 4.78 is 6.54. The maximum absolute atomic E-state index is 11.9. The summed E-state index contributed by atoms with van der Waals surface area (Å²) in [6.07, 6.45) is 1.30. The van der Waals surface area contributed by atoms with E-state index in [1.165, 1.54) is 12.1 Å². The summed E-state index contributed by atoms with van der Waals surface area (Å²) >= 11 is 12.5. The molecule has 4 N–H and O–H groups in total. The highest BCUT2D eigenvalue weighted by atomic mass is 35.5. The third kappa shape index (κ3) is 2.88. The molecular weight excluding hydrogens is 399 g/mol. The molecule has 12 heteroatoms. The molecule has 0 spiro atoms. The Hall–Kier alpha value is -3.11. The maximum Gasteiger partial charge on any atom is 0.349 e. The highest BCUT2D eigenvalue weighted by Gasteiger charge is 2.25. The van der Waals surface area contributed by atoms with Gasteiger partial charge in [0.05, 0.1) is 15.7 Å². The first-order chi connectivity index (χ1) is 12.8. The van der Waals surface area contributed by atoms with Gasteiger partial charge in [0.25, 0.3) is 11.1 Å². The van der Waals surface area contributed by atoms with Gasteiger partial charge in [0.1, 0.15) is 0 Å². The molecule has 0 unspecified atom stereocenters. The van der Waals surface area contributed by atoms with E-state index in [2.05, 4.69) is 15.3 Å². The van der Waals surface area contributed by atoms with Gasteiger partial charge in [-0.15, -0.1) is 10.2 Å². The molecule has 1 aliphatic carbocycles. The number of ether oxygens (including phenoxy) is 1. The number of nitrogen functional groups attached to an aromatic ring is 1. The molecule has 138 valence electrons. The van der Waals surface area contributed by atoms with E-state index < -0.39 is 11.2 Å². The number of hydrogen-bond donors (Lipinski definition) is 3. The molecule has 1 aliphatic rings. The Morgan fingerprint density at radius 3 is 2.37 bits per heavy atom. The van der Waals surface area contributed by atoms with Crippen molar-refractivity contribution in [1.82, 2.24) is 25.0 Å². The van der Waals surface area contributed by atoms with E-state index in [1.54, 1.807) is 0 Å². The van der Waals surface area contributed by atoms with E-state index in [1.807, 2.05) is 4.98 Å². The van der Waals surface area contributed by atoms with Crippen LogP contribution in [0.4, 0.5) is 5.82 Å². The largest absolute Gasteiger partial charge is 0.434 e. The number of benzene rings is 1. The van der Waals surface area contributed by atoms with Gasteiger partial charge in [-0.2, -0.15) is 4.68 Å². The third-order valence-corrected chi connectivity index (χ3v) is 4.62. The van der Waals surface area contributed by atoms with Gasteiger partial charge in [0, 0.05) is 11.1 Å². The normalized spacial score (nSPS) is 12.4. The number of nitrogens with one attached hydrogen (secondary N) is 2. The van der Waals surface area contributed by atoms with Gasteiger partial charge >= 0.3 is 5.69 Å². The second-order valence-electron chi connectivity index (χ2n) is 5.71. The Kier molecular flexibility index (Phi) is 4.01. The van der Waals surface area contributed by atoms with Crippen molar-refractivity contribution >= 4 is 29.0 Å². The Balaban J connectivity index is 1.77. The van der Waals surface area contributed by atoms with E-state index in [0.717, 1.165) is 4.68 Å². The second-order valence-corrected chi connectivity index (χ2v) is 6.53. The molecule has 0 aliphatic heterocycles. The van der Waals surface area contributed by atoms with Crippen molar-refractivity contribution in [1.29, 1.82) is 0 Å². The number of aromatic nitrogens is 5. The van der Waals surface area contributed by atoms with Crippen LogP contribution >= 0.6 is 23.2 Å². The Bertz CT molecular complexity index is 1240. The lowest BCUT2D eigenvalue weighted by atomic mass is 9.91. The van der Waals surface area contributed by atoms with Gasteiger partial charge in [-0.3, -0.25) is 14.6 Å². The van der Waals surface area contributed by atoms with Gasteiger partial charge in [-0.05, 0) is 25.0 Å². The number of aromatic amines is 2. The van der Waals surface area contributed by atoms with E-state index in [9.17, 15) is 14.4 Å². The zero-order chi connectivity index (χ0) is 19.3. The maximum atomic E-state index is 11.9. The molecule has 0 saturated carbocycles. The predicted octanol–water partition coefficient (Wildman–Crippen LogP) is 0.784. The predicted molar refractivity (Wildman–Crippen MR) is 97.2 cm³/mol. The van der Waals surface area contributed by atoms with E-state index in [-0.39, 0.29) is 38.7 Å². The molecule has 4 rings (SSSR count). The van der Waals surface area contributed by atoms with E-state index >= 15 is 0 Å². The first kappa shape index (κ1) is 17.3. The number of fused-ring (bicyclic) bond motifs is 1. The summed E-state index contributed by atoms with van der Waals surface area (Å²) in [5.74, 6) is -0.0870. The van der Waals surface area contributed by atoms with Gasteiger partial charge in [0.2, 0.25) is 11.7 Å². The molecule has 10 nitrogen and oxygen atoms in total. The average molecular weight is 409 g/mol. The Labute approximate surface area is 159 Å². The van der Waals surface area contributed by atoms with Crippen LogP contribution in [-0.2, 0) is 12.8 Å². The van der Waals surface area contributed by atoms with Crippen molar-refractivity contribution < 1.29 is 4.74 Å². The smallest absolute Gasteiger partial charge is 0.349 e. The highest BCUT2D eigenvalue weighted by Crippen LogP contribution is 2.39. The molecule has 2 aromatic heterocycles. The van der Waals surface area contributed by atoms with Crippen molar-refractivity contribution in [2.45, 2.75) is 12.8 Å².